The Labute approximate surface area is 151 Å². The predicted octanol–water partition coefficient (Wildman–Crippen LogP) is 4.38. The van der Waals surface area contributed by atoms with Crippen LogP contribution in [0.25, 0.3) is 0 Å². The average molecular weight is 368 g/mol. The third-order valence-corrected chi connectivity index (χ3v) is 4.91. The average Bonchev–Trinajstić information content (AvgIpc) is 2.81. The van der Waals surface area contributed by atoms with Crippen molar-refractivity contribution in [2.75, 3.05) is 6.61 Å². The lowest BCUT2D eigenvalue weighted by molar-refractivity contribution is 0.155. The summed E-state index contributed by atoms with van der Waals surface area (Å²) in [6.07, 6.45) is 0.668. The molecule has 0 unspecified atom stereocenters. The maximum Gasteiger partial charge on any atom is 0.404 e. The topological polar surface area (TPSA) is 70.1 Å². The zero-order valence-electron chi connectivity index (χ0n) is 14.1. The highest BCUT2D eigenvalue weighted by Gasteiger charge is 2.18. The molecule has 0 aliphatic heterocycles. The molecule has 7 heteroatoms. The summed E-state index contributed by atoms with van der Waals surface area (Å²) in [5.41, 5.74) is 6.04. The summed E-state index contributed by atoms with van der Waals surface area (Å²) < 4.78 is 6.88. The van der Waals surface area contributed by atoms with Crippen molar-refractivity contribution in [3.8, 4) is 0 Å². The molecule has 0 bridgehead atoms. The smallest absolute Gasteiger partial charge is 0.404 e. The van der Waals surface area contributed by atoms with E-state index in [9.17, 15) is 4.79 Å². The Morgan fingerprint density at radius 1 is 1.46 bits per heavy atom. The van der Waals surface area contributed by atoms with Crippen molar-refractivity contribution in [3.63, 3.8) is 0 Å². The number of amides is 1. The predicted molar refractivity (Wildman–Crippen MR) is 96.7 cm³/mol. The molecule has 1 aromatic heterocycles. The van der Waals surface area contributed by atoms with E-state index in [-0.39, 0.29) is 0 Å². The lowest BCUT2D eigenvalue weighted by Crippen LogP contribution is -2.14. The maximum absolute atomic E-state index is 10.6. The number of aromatic nitrogens is 2. The standard InChI is InChI=1S/C17H22ClN3O2S/c1-11(2)15-16(24-13-7-4-6-12(18)10-13)21(3)14(20-15)8-5-9-23-17(19)22/h4,6-7,10-11H,5,8-9H2,1-3H3,(H2,19,22). The largest absolute Gasteiger partial charge is 0.450 e. The van der Waals surface area contributed by atoms with Crippen LogP contribution in [0.1, 0.15) is 37.7 Å². The number of rotatable bonds is 7. The van der Waals surface area contributed by atoms with Crippen LogP contribution in [-0.4, -0.2) is 22.3 Å². The zero-order valence-corrected chi connectivity index (χ0v) is 15.7. The second-order valence-electron chi connectivity index (χ2n) is 5.76. The number of imidazole rings is 1. The lowest BCUT2D eigenvalue weighted by atomic mass is 10.1. The third kappa shape index (κ3) is 4.92. The van der Waals surface area contributed by atoms with Gasteiger partial charge in [-0.25, -0.2) is 9.78 Å². The van der Waals surface area contributed by atoms with E-state index in [1.807, 2.05) is 31.3 Å². The van der Waals surface area contributed by atoms with Gasteiger partial charge in [-0.1, -0.05) is 43.3 Å². The molecule has 0 aliphatic carbocycles. The van der Waals surface area contributed by atoms with Crippen molar-refractivity contribution < 1.29 is 9.53 Å². The number of carbonyl (C=O) groups is 1. The van der Waals surface area contributed by atoms with E-state index in [0.29, 0.717) is 18.9 Å². The van der Waals surface area contributed by atoms with E-state index in [0.717, 1.165) is 32.9 Å². The van der Waals surface area contributed by atoms with Gasteiger partial charge in [-0.15, -0.1) is 0 Å². The van der Waals surface area contributed by atoms with Gasteiger partial charge in [0.15, 0.2) is 0 Å². The quantitative estimate of drug-likeness (QED) is 0.737. The molecule has 0 fully saturated rings. The molecule has 1 aromatic carbocycles. The highest BCUT2D eigenvalue weighted by Crippen LogP contribution is 2.35. The Morgan fingerprint density at radius 3 is 2.83 bits per heavy atom. The third-order valence-electron chi connectivity index (χ3n) is 3.51. The van der Waals surface area contributed by atoms with Crippen LogP contribution < -0.4 is 5.73 Å². The van der Waals surface area contributed by atoms with Crippen LogP contribution in [0.4, 0.5) is 4.79 Å². The summed E-state index contributed by atoms with van der Waals surface area (Å²) in [5.74, 6) is 1.28. The molecular weight excluding hydrogens is 346 g/mol. The van der Waals surface area contributed by atoms with Crippen LogP contribution in [0, 0.1) is 0 Å². The molecule has 5 nitrogen and oxygen atoms in total. The van der Waals surface area contributed by atoms with Gasteiger partial charge in [-0.2, -0.15) is 0 Å². The van der Waals surface area contributed by atoms with Crippen LogP contribution in [0.3, 0.4) is 0 Å². The minimum absolute atomic E-state index is 0.302. The summed E-state index contributed by atoms with van der Waals surface area (Å²) >= 11 is 7.74. The molecule has 2 rings (SSSR count). The summed E-state index contributed by atoms with van der Waals surface area (Å²) in [4.78, 5) is 16.5. The van der Waals surface area contributed by atoms with E-state index >= 15 is 0 Å². The van der Waals surface area contributed by atoms with Gasteiger partial charge in [0.1, 0.15) is 10.9 Å². The zero-order chi connectivity index (χ0) is 17.7. The first-order chi connectivity index (χ1) is 11.4. The second-order valence-corrected chi connectivity index (χ2v) is 7.26. The fourth-order valence-corrected chi connectivity index (χ4v) is 3.76. The number of nitrogens with zero attached hydrogens (tertiary/aromatic N) is 2. The van der Waals surface area contributed by atoms with Gasteiger partial charge in [0.05, 0.1) is 12.3 Å². The second kappa shape index (κ2) is 8.44. The minimum Gasteiger partial charge on any atom is -0.450 e. The minimum atomic E-state index is -0.741. The highest BCUT2D eigenvalue weighted by molar-refractivity contribution is 7.99. The number of ether oxygens (including phenoxy) is 1. The molecule has 130 valence electrons. The van der Waals surface area contributed by atoms with Crippen molar-refractivity contribution in [1.82, 2.24) is 9.55 Å². The number of primary amides is 1. The fourth-order valence-electron chi connectivity index (χ4n) is 2.32. The maximum atomic E-state index is 10.6. The van der Waals surface area contributed by atoms with Crippen molar-refractivity contribution in [2.45, 2.75) is 42.5 Å². The summed E-state index contributed by atoms with van der Waals surface area (Å²) in [7, 11) is 2.01. The molecule has 2 aromatic rings. The van der Waals surface area contributed by atoms with Crippen molar-refractivity contribution in [1.29, 1.82) is 0 Å². The first kappa shape index (κ1) is 18.7. The van der Waals surface area contributed by atoms with Crippen LogP contribution in [0.15, 0.2) is 34.2 Å². The molecule has 24 heavy (non-hydrogen) atoms. The Balaban J connectivity index is 2.18. The van der Waals surface area contributed by atoms with E-state index < -0.39 is 6.09 Å². The van der Waals surface area contributed by atoms with Gasteiger partial charge < -0.3 is 15.0 Å². The van der Waals surface area contributed by atoms with Crippen molar-refractivity contribution in [3.05, 3.63) is 40.8 Å². The first-order valence-electron chi connectivity index (χ1n) is 7.79. The number of hydrogen-bond donors (Lipinski definition) is 1. The van der Waals surface area contributed by atoms with Gasteiger partial charge in [0, 0.05) is 23.4 Å². The van der Waals surface area contributed by atoms with Crippen molar-refractivity contribution >= 4 is 29.5 Å². The highest BCUT2D eigenvalue weighted by atomic mass is 35.5. The molecule has 0 saturated heterocycles. The van der Waals surface area contributed by atoms with Crippen molar-refractivity contribution in [2.24, 2.45) is 12.8 Å². The number of hydrogen-bond acceptors (Lipinski definition) is 4. The summed E-state index contributed by atoms with van der Waals surface area (Å²) in [6, 6.07) is 7.79. The summed E-state index contributed by atoms with van der Waals surface area (Å²) in [6.45, 7) is 4.56. The Hall–Kier alpha value is -1.66. The number of halogens is 1. The van der Waals surface area contributed by atoms with Gasteiger partial charge >= 0.3 is 6.09 Å². The molecule has 0 saturated carbocycles. The SMILES string of the molecule is CC(C)c1nc(CCCOC(N)=O)n(C)c1Sc1cccc(Cl)c1. The van der Waals surface area contributed by atoms with Crippen LogP contribution >= 0.6 is 23.4 Å². The molecule has 2 N–H and O–H groups in total. The fraction of sp³-hybridized carbons (Fsp3) is 0.412. The van der Waals surface area contributed by atoms with Gasteiger partial charge in [-0.05, 0) is 30.5 Å². The lowest BCUT2D eigenvalue weighted by Gasteiger charge is -2.09. The first-order valence-corrected chi connectivity index (χ1v) is 8.99. The summed E-state index contributed by atoms with van der Waals surface area (Å²) in [5, 5.41) is 1.83. The normalized spacial score (nSPS) is 11.0. The van der Waals surface area contributed by atoms with Gasteiger partial charge in [0.25, 0.3) is 0 Å². The molecular formula is C17H22ClN3O2S. The molecule has 1 amide bonds. The van der Waals surface area contributed by atoms with E-state index in [1.165, 1.54) is 0 Å². The van der Waals surface area contributed by atoms with E-state index in [4.69, 9.17) is 27.1 Å². The number of aryl methyl sites for hydroxylation is 1. The molecule has 0 aliphatic rings. The number of carbonyl (C=O) groups excluding carboxylic acids is 1. The van der Waals surface area contributed by atoms with E-state index in [2.05, 4.69) is 18.4 Å². The molecule has 0 atom stereocenters. The van der Waals surface area contributed by atoms with Gasteiger partial charge in [0.2, 0.25) is 0 Å². The van der Waals surface area contributed by atoms with E-state index in [1.54, 1.807) is 11.8 Å². The van der Waals surface area contributed by atoms with Crippen LogP contribution in [0.2, 0.25) is 5.02 Å². The molecule has 1 heterocycles. The molecule has 0 radical (unpaired) electrons. The Morgan fingerprint density at radius 2 is 2.21 bits per heavy atom. The van der Waals surface area contributed by atoms with Gasteiger partial charge in [-0.3, -0.25) is 0 Å². The van der Waals surface area contributed by atoms with Crippen LogP contribution in [0.5, 0.6) is 0 Å². The van der Waals surface area contributed by atoms with Crippen LogP contribution in [-0.2, 0) is 18.2 Å². The monoisotopic (exact) mass is 367 g/mol. The molecule has 0 spiro atoms. The Kier molecular flexibility index (Phi) is 6.57. The number of benzene rings is 1. The number of nitrogens with two attached hydrogens (primary N) is 1. The Bertz CT molecular complexity index is 716.